The zero-order valence-electron chi connectivity index (χ0n) is 21.4. The number of esters is 1. The minimum Gasteiger partial charge on any atom is -0.508 e. The number of aliphatic hydroxyl groups excluding tert-OH is 4. The molecule has 2 aliphatic heterocycles. The largest absolute Gasteiger partial charge is 0.508 e. The van der Waals surface area contributed by atoms with Crippen molar-refractivity contribution in [2.75, 3.05) is 18.9 Å². The molecule has 0 unspecified atom stereocenters. The summed E-state index contributed by atoms with van der Waals surface area (Å²) < 4.78 is 11.0. The third kappa shape index (κ3) is 7.50. The molecule has 0 aromatic heterocycles. The SMILES string of the molecule is CCC[C@H]1CN[C@H](C(=O)N[C@@H]([C@H]2O[C@H](SCCOC(=O)c3cc(O)ccc3O)[C@H](O)[C@@H](O)[C@H]2O)[C@@H](C)O)C1. The molecule has 2 heterocycles. The highest BCUT2D eigenvalue weighted by Gasteiger charge is 2.48. The Bertz CT molecular complexity index is 951. The predicted octanol–water partition coefficient (Wildman–Crippen LogP) is -0.561. The molecule has 0 saturated carbocycles. The summed E-state index contributed by atoms with van der Waals surface area (Å²) in [4.78, 5) is 25.1. The summed E-state index contributed by atoms with van der Waals surface area (Å²) in [5.74, 6) is -1.30. The number of carbonyl (C=O) groups excluding carboxylic acids is 2. The Morgan fingerprint density at radius 3 is 2.63 bits per heavy atom. The second-order valence-corrected chi connectivity index (χ2v) is 11.0. The van der Waals surface area contributed by atoms with E-state index < -0.39 is 54.0 Å². The number of hydrogen-bond donors (Lipinski definition) is 8. The van der Waals surface area contributed by atoms with Crippen LogP contribution in [0, 0.1) is 5.92 Å². The highest BCUT2D eigenvalue weighted by molar-refractivity contribution is 7.99. The monoisotopic (exact) mass is 558 g/mol. The fourth-order valence-electron chi connectivity index (χ4n) is 4.75. The lowest BCUT2D eigenvalue weighted by Crippen LogP contribution is -2.65. The molecular weight excluding hydrogens is 520 g/mol. The van der Waals surface area contributed by atoms with Crippen molar-refractivity contribution in [3.63, 3.8) is 0 Å². The van der Waals surface area contributed by atoms with E-state index in [0.29, 0.717) is 18.9 Å². The van der Waals surface area contributed by atoms with Crippen LogP contribution in [-0.2, 0) is 14.3 Å². The average molecular weight is 559 g/mol. The van der Waals surface area contributed by atoms with Crippen LogP contribution in [0.3, 0.4) is 0 Å². The van der Waals surface area contributed by atoms with Crippen molar-refractivity contribution in [3.05, 3.63) is 23.8 Å². The van der Waals surface area contributed by atoms with Gasteiger partial charge in [0.2, 0.25) is 5.91 Å². The number of nitrogens with one attached hydrogen (secondary N) is 2. The number of aromatic hydroxyl groups is 2. The lowest BCUT2D eigenvalue weighted by molar-refractivity contribution is -0.211. The fraction of sp³-hybridized carbons (Fsp3) is 0.680. The molecule has 38 heavy (non-hydrogen) atoms. The van der Waals surface area contributed by atoms with Crippen LogP contribution in [0.4, 0.5) is 0 Å². The summed E-state index contributed by atoms with van der Waals surface area (Å²) in [5, 5.41) is 67.1. The maximum Gasteiger partial charge on any atom is 0.342 e. The van der Waals surface area contributed by atoms with E-state index in [1.165, 1.54) is 13.0 Å². The smallest absolute Gasteiger partial charge is 0.342 e. The van der Waals surface area contributed by atoms with Crippen molar-refractivity contribution >= 4 is 23.6 Å². The summed E-state index contributed by atoms with van der Waals surface area (Å²) in [5.41, 5.74) is -1.28. The van der Waals surface area contributed by atoms with Crippen LogP contribution in [0.5, 0.6) is 11.5 Å². The first-order valence-electron chi connectivity index (χ1n) is 12.8. The van der Waals surface area contributed by atoms with Gasteiger partial charge in [0.15, 0.2) is 0 Å². The molecule has 13 heteroatoms. The molecule has 2 fully saturated rings. The molecule has 1 aromatic rings. The van der Waals surface area contributed by atoms with Crippen LogP contribution < -0.4 is 10.6 Å². The second kappa shape index (κ2) is 13.8. The van der Waals surface area contributed by atoms with Crippen molar-refractivity contribution in [1.29, 1.82) is 0 Å². The van der Waals surface area contributed by atoms with Gasteiger partial charge in [-0.05, 0) is 50.4 Å². The average Bonchev–Trinajstić information content (AvgIpc) is 3.35. The standard InChI is InChI=1S/C25H38N2O10S/c1-3-4-13-9-16(26-11-13)23(34)27-18(12(2)28)22-20(32)19(31)21(33)25(37-22)38-8-7-36-24(35)15-10-14(29)5-6-17(15)30/h5-6,10,12-13,16,18-22,25-26,28-33H,3-4,7-9,11H2,1-2H3,(H,27,34)/t12-,13-,16+,18-,19+,20-,21-,22-,25-/m1/s1. The van der Waals surface area contributed by atoms with Crippen molar-refractivity contribution in [3.8, 4) is 11.5 Å². The summed E-state index contributed by atoms with van der Waals surface area (Å²) >= 11 is 0.999. The van der Waals surface area contributed by atoms with E-state index in [1.54, 1.807) is 0 Å². The summed E-state index contributed by atoms with van der Waals surface area (Å²) in [6.45, 7) is 4.07. The van der Waals surface area contributed by atoms with Gasteiger partial charge in [0.05, 0.1) is 18.2 Å². The van der Waals surface area contributed by atoms with E-state index in [-0.39, 0.29) is 35.3 Å². The second-order valence-electron chi connectivity index (χ2n) is 9.78. The topological polar surface area (TPSA) is 198 Å². The van der Waals surface area contributed by atoms with E-state index in [4.69, 9.17) is 9.47 Å². The van der Waals surface area contributed by atoms with Crippen LogP contribution in [0.2, 0.25) is 0 Å². The molecule has 12 nitrogen and oxygen atoms in total. The Labute approximate surface area is 225 Å². The van der Waals surface area contributed by atoms with Crippen molar-refractivity contribution in [2.45, 2.75) is 81.1 Å². The van der Waals surface area contributed by atoms with Gasteiger partial charge in [0, 0.05) is 5.75 Å². The van der Waals surface area contributed by atoms with E-state index >= 15 is 0 Å². The van der Waals surface area contributed by atoms with Crippen LogP contribution in [0.1, 0.15) is 43.5 Å². The third-order valence-electron chi connectivity index (χ3n) is 6.82. The molecule has 0 spiro atoms. The summed E-state index contributed by atoms with van der Waals surface area (Å²) in [7, 11) is 0. The van der Waals surface area contributed by atoms with Crippen molar-refractivity contribution in [2.24, 2.45) is 5.92 Å². The highest BCUT2D eigenvalue weighted by atomic mass is 32.2. The van der Waals surface area contributed by atoms with Crippen LogP contribution >= 0.6 is 11.8 Å². The minimum absolute atomic E-state index is 0.110. The van der Waals surface area contributed by atoms with Gasteiger partial charge >= 0.3 is 5.97 Å². The Kier molecular flexibility index (Phi) is 11.0. The first-order valence-corrected chi connectivity index (χ1v) is 13.8. The Morgan fingerprint density at radius 2 is 1.95 bits per heavy atom. The van der Waals surface area contributed by atoms with Gasteiger partial charge in [-0.1, -0.05) is 13.3 Å². The lowest BCUT2D eigenvalue weighted by atomic mass is 9.92. The number of aliphatic hydroxyl groups is 4. The van der Waals surface area contributed by atoms with Gasteiger partial charge in [0.1, 0.15) is 53.5 Å². The minimum atomic E-state index is -1.62. The van der Waals surface area contributed by atoms with Gasteiger partial charge in [-0.2, -0.15) is 0 Å². The van der Waals surface area contributed by atoms with Crippen molar-refractivity contribution in [1.82, 2.24) is 10.6 Å². The zero-order valence-corrected chi connectivity index (χ0v) is 22.2. The van der Waals surface area contributed by atoms with Crippen LogP contribution in [0.15, 0.2) is 18.2 Å². The van der Waals surface area contributed by atoms with Gasteiger partial charge in [0.25, 0.3) is 0 Å². The maximum absolute atomic E-state index is 12.9. The molecule has 214 valence electrons. The molecule has 9 atom stereocenters. The van der Waals surface area contributed by atoms with Crippen LogP contribution in [0.25, 0.3) is 0 Å². The number of phenols is 2. The number of carbonyl (C=O) groups is 2. The lowest BCUT2D eigenvalue weighted by Gasteiger charge is -2.44. The van der Waals surface area contributed by atoms with Gasteiger partial charge in [-0.15, -0.1) is 11.8 Å². The number of phenolic OH excluding ortho intramolecular Hbond substituents is 2. The molecule has 1 amide bonds. The molecular formula is C25H38N2O10S. The Balaban J connectivity index is 1.58. The van der Waals surface area contributed by atoms with Gasteiger partial charge < -0.3 is 50.7 Å². The van der Waals surface area contributed by atoms with Crippen LogP contribution in [-0.4, -0.2) is 109 Å². The fourth-order valence-corrected chi connectivity index (χ4v) is 5.73. The third-order valence-corrected chi connectivity index (χ3v) is 7.94. The maximum atomic E-state index is 12.9. The normalized spacial score (nSPS) is 30.9. The number of thioether (sulfide) groups is 1. The number of amides is 1. The summed E-state index contributed by atoms with van der Waals surface area (Å²) in [6.07, 6.45) is -4.41. The first kappa shape index (κ1) is 30.4. The van der Waals surface area contributed by atoms with Gasteiger partial charge in [-0.25, -0.2) is 4.79 Å². The first-order chi connectivity index (χ1) is 18.0. The Morgan fingerprint density at radius 1 is 1.21 bits per heavy atom. The molecule has 1 aromatic carbocycles. The van der Waals surface area contributed by atoms with E-state index in [2.05, 4.69) is 17.6 Å². The van der Waals surface area contributed by atoms with E-state index in [1.807, 2.05) is 0 Å². The summed E-state index contributed by atoms with van der Waals surface area (Å²) in [6, 6.07) is 1.92. The van der Waals surface area contributed by atoms with Crippen molar-refractivity contribution < 1.29 is 49.7 Å². The molecule has 0 radical (unpaired) electrons. The highest BCUT2D eigenvalue weighted by Crippen LogP contribution is 2.31. The quantitative estimate of drug-likeness (QED) is 0.0980. The molecule has 3 rings (SSSR count). The van der Waals surface area contributed by atoms with E-state index in [0.717, 1.165) is 36.7 Å². The number of ether oxygens (including phenoxy) is 2. The van der Waals surface area contributed by atoms with Gasteiger partial charge in [-0.3, -0.25) is 4.79 Å². The number of hydrogen-bond acceptors (Lipinski definition) is 12. The molecule has 0 aliphatic carbocycles. The molecule has 0 bridgehead atoms. The Hall–Kier alpha value is -2.13. The number of rotatable bonds is 11. The van der Waals surface area contributed by atoms with E-state index in [9.17, 15) is 40.2 Å². The molecule has 2 aliphatic rings. The number of benzene rings is 1. The molecule has 2 saturated heterocycles. The zero-order chi connectivity index (χ0) is 28.0. The predicted molar refractivity (Wildman–Crippen MR) is 138 cm³/mol. The molecule has 8 N–H and O–H groups in total.